The third-order valence-electron chi connectivity index (χ3n) is 8.05. The highest BCUT2D eigenvalue weighted by Gasteiger charge is 2.17. The number of nitrogens with zero attached hydrogens (tertiary/aromatic N) is 2. The van der Waals surface area contributed by atoms with Crippen LogP contribution in [0.15, 0.2) is 85.2 Å². The molecule has 0 aliphatic heterocycles. The smallest absolute Gasteiger partial charge is 0.343 e. The highest BCUT2D eigenvalue weighted by molar-refractivity contribution is 5.92. The van der Waals surface area contributed by atoms with E-state index in [0.29, 0.717) is 59.3 Å². The molecule has 0 N–H and O–H groups in total. The second kappa shape index (κ2) is 17.7. The Balaban J connectivity index is 1.24. The van der Waals surface area contributed by atoms with Gasteiger partial charge in [0.15, 0.2) is 18.9 Å². The average molecular weight is 640 g/mol. The summed E-state index contributed by atoms with van der Waals surface area (Å²) in [5.74, 6) is 1.25. The van der Waals surface area contributed by atoms with Gasteiger partial charge in [-0.15, -0.1) is 0 Å². The zero-order chi connectivity index (χ0) is 33.6. The van der Waals surface area contributed by atoms with E-state index in [9.17, 15) is 9.59 Å². The Labute approximate surface area is 278 Å². The van der Waals surface area contributed by atoms with Crippen LogP contribution in [0.4, 0.5) is 5.69 Å². The van der Waals surface area contributed by atoms with Crippen molar-refractivity contribution in [3.8, 4) is 23.0 Å². The molecule has 1 aromatic heterocycles. The molecule has 4 aromatic rings. The molecular weight excluding hydrogens is 592 g/mol. The summed E-state index contributed by atoms with van der Waals surface area (Å²) in [6, 6.07) is 21.2. The van der Waals surface area contributed by atoms with E-state index in [0.717, 1.165) is 24.3 Å². The molecular formula is C39H47N2O6+. The van der Waals surface area contributed by atoms with E-state index in [4.69, 9.17) is 18.9 Å². The first-order chi connectivity index (χ1) is 22.7. The minimum Gasteiger partial charge on any atom is -0.494 e. The minimum absolute atomic E-state index is 0.400. The number of ether oxygens (including phenoxy) is 4. The third kappa shape index (κ3) is 10.6. The molecule has 0 aliphatic carbocycles. The van der Waals surface area contributed by atoms with Gasteiger partial charge in [0.05, 0.1) is 17.7 Å². The van der Waals surface area contributed by atoms with Gasteiger partial charge in [0.2, 0.25) is 0 Å². The fraction of sp³-hybridized carbons (Fsp3) is 0.359. The van der Waals surface area contributed by atoms with Crippen LogP contribution in [0.2, 0.25) is 0 Å². The Morgan fingerprint density at radius 3 is 1.57 bits per heavy atom. The molecule has 1 heterocycles. The second-order valence-electron chi connectivity index (χ2n) is 11.8. The Morgan fingerprint density at radius 2 is 1.09 bits per heavy atom. The monoisotopic (exact) mass is 639 g/mol. The van der Waals surface area contributed by atoms with E-state index >= 15 is 0 Å². The van der Waals surface area contributed by atoms with Crippen LogP contribution in [-0.4, -0.2) is 39.2 Å². The average Bonchev–Trinajstić information content (AvgIpc) is 3.08. The van der Waals surface area contributed by atoms with E-state index in [2.05, 4.69) is 28.5 Å². The lowest BCUT2D eigenvalue weighted by atomic mass is 10.1. The van der Waals surface area contributed by atoms with Crippen LogP contribution in [0.1, 0.15) is 77.3 Å². The van der Waals surface area contributed by atoms with Gasteiger partial charge in [-0.25, -0.2) is 14.2 Å². The summed E-state index contributed by atoms with van der Waals surface area (Å²) in [7, 11) is 4.02. The normalized spacial score (nSPS) is 10.7. The molecule has 0 amide bonds. The molecule has 248 valence electrons. The van der Waals surface area contributed by atoms with Crippen LogP contribution in [0.3, 0.4) is 0 Å². The van der Waals surface area contributed by atoms with Crippen molar-refractivity contribution < 1.29 is 33.1 Å². The largest absolute Gasteiger partial charge is 0.494 e. The van der Waals surface area contributed by atoms with Gasteiger partial charge in [-0.1, -0.05) is 39.0 Å². The molecule has 0 unspecified atom stereocenters. The predicted molar refractivity (Wildman–Crippen MR) is 184 cm³/mol. The Morgan fingerprint density at radius 1 is 0.617 bits per heavy atom. The molecule has 0 bridgehead atoms. The second-order valence-corrected chi connectivity index (χ2v) is 11.8. The number of carbonyl (C=O) groups is 2. The van der Waals surface area contributed by atoms with Crippen molar-refractivity contribution in [3.05, 3.63) is 107 Å². The van der Waals surface area contributed by atoms with E-state index in [-0.39, 0.29) is 0 Å². The highest BCUT2D eigenvalue weighted by atomic mass is 16.5. The number of esters is 2. The topological polar surface area (TPSA) is 78.2 Å². The fourth-order valence-electron chi connectivity index (χ4n) is 4.92. The summed E-state index contributed by atoms with van der Waals surface area (Å²) in [5.41, 5.74) is 3.38. The van der Waals surface area contributed by atoms with Crippen molar-refractivity contribution in [2.24, 2.45) is 0 Å². The van der Waals surface area contributed by atoms with Gasteiger partial charge in [-0.3, -0.25) is 0 Å². The standard InChI is InChI=1S/C39H47N2O6/c1-6-7-8-9-10-11-27-44-34-16-12-31(13-17-34)38(42)46-36-20-21-37(30(3)29(36)2)47-39(43)32-14-18-35(19-15-32)45-28-26-41-24-22-33(23-25-41)40(4)5/h12-25H,6-11,26-28H2,1-5H3/q+1. The molecule has 8 nitrogen and oxygen atoms in total. The Hall–Kier alpha value is -4.85. The summed E-state index contributed by atoms with van der Waals surface area (Å²) in [6.45, 7) is 7.72. The van der Waals surface area contributed by atoms with Gasteiger partial charge < -0.3 is 23.8 Å². The summed E-state index contributed by atoms with van der Waals surface area (Å²) in [6.07, 6.45) is 11.3. The Bertz CT molecular complexity index is 1580. The summed E-state index contributed by atoms with van der Waals surface area (Å²) in [5, 5.41) is 0. The lowest BCUT2D eigenvalue weighted by molar-refractivity contribution is -0.697. The number of anilines is 1. The number of pyridine rings is 1. The van der Waals surface area contributed by atoms with Crippen molar-refractivity contribution in [3.63, 3.8) is 0 Å². The molecule has 4 rings (SSSR count). The zero-order valence-electron chi connectivity index (χ0n) is 28.3. The molecule has 8 heteroatoms. The number of rotatable bonds is 17. The molecule has 0 saturated heterocycles. The minimum atomic E-state index is -0.487. The van der Waals surface area contributed by atoms with Crippen molar-refractivity contribution in [1.29, 1.82) is 0 Å². The Kier molecular flexibility index (Phi) is 13.2. The molecule has 0 saturated carbocycles. The molecule has 0 aliphatic rings. The number of unbranched alkanes of at least 4 members (excludes halogenated alkanes) is 5. The number of hydrogen-bond donors (Lipinski definition) is 0. The van der Waals surface area contributed by atoms with Crippen LogP contribution in [-0.2, 0) is 6.54 Å². The van der Waals surface area contributed by atoms with Crippen LogP contribution >= 0.6 is 0 Å². The zero-order valence-corrected chi connectivity index (χ0v) is 28.3. The maximum absolute atomic E-state index is 12.9. The first-order valence-corrected chi connectivity index (χ1v) is 16.4. The number of hydrogen-bond acceptors (Lipinski definition) is 7. The van der Waals surface area contributed by atoms with Gasteiger partial charge in [-0.05, 0) is 92.1 Å². The highest BCUT2D eigenvalue weighted by Crippen LogP contribution is 2.30. The molecule has 0 fully saturated rings. The number of carbonyl (C=O) groups excluding carboxylic acids is 2. The number of aromatic nitrogens is 1. The number of benzene rings is 3. The van der Waals surface area contributed by atoms with Crippen molar-refractivity contribution in [2.75, 3.05) is 32.2 Å². The van der Waals surface area contributed by atoms with E-state index in [1.54, 1.807) is 60.7 Å². The van der Waals surface area contributed by atoms with Gasteiger partial charge in [-0.2, -0.15) is 0 Å². The van der Waals surface area contributed by atoms with Crippen LogP contribution < -0.4 is 28.4 Å². The van der Waals surface area contributed by atoms with Crippen molar-refractivity contribution in [1.82, 2.24) is 0 Å². The van der Waals surface area contributed by atoms with Gasteiger partial charge >= 0.3 is 11.9 Å². The first-order valence-electron chi connectivity index (χ1n) is 16.4. The van der Waals surface area contributed by atoms with Gasteiger partial charge in [0.1, 0.15) is 29.6 Å². The van der Waals surface area contributed by atoms with Crippen LogP contribution in [0.25, 0.3) is 0 Å². The summed E-state index contributed by atoms with van der Waals surface area (Å²) >= 11 is 0. The molecule has 47 heavy (non-hydrogen) atoms. The van der Waals surface area contributed by atoms with E-state index < -0.39 is 11.9 Å². The SMILES string of the molecule is CCCCCCCCOc1ccc(C(=O)Oc2ccc(OC(=O)c3ccc(OCC[n+]4ccc(N(C)C)cc4)cc3)c(C)c2C)cc1. The lowest BCUT2D eigenvalue weighted by Crippen LogP contribution is -2.35. The maximum Gasteiger partial charge on any atom is 0.343 e. The molecule has 0 spiro atoms. The molecule has 0 radical (unpaired) electrons. The van der Waals surface area contributed by atoms with Crippen molar-refractivity contribution >= 4 is 17.6 Å². The van der Waals surface area contributed by atoms with E-state index in [1.165, 1.54) is 25.7 Å². The summed E-state index contributed by atoms with van der Waals surface area (Å²) < 4.78 is 25.1. The lowest BCUT2D eigenvalue weighted by Gasteiger charge is -2.14. The van der Waals surface area contributed by atoms with E-state index in [1.807, 2.05) is 40.3 Å². The summed E-state index contributed by atoms with van der Waals surface area (Å²) in [4.78, 5) is 27.8. The first kappa shape index (κ1) is 35.0. The van der Waals surface area contributed by atoms with Crippen molar-refractivity contribution in [2.45, 2.75) is 65.8 Å². The van der Waals surface area contributed by atoms with Gasteiger partial charge in [0, 0.05) is 31.9 Å². The van der Waals surface area contributed by atoms with Crippen LogP contribution in [0.5, 0.6) is 23.0 Å². The third-order valence-corrected chi connectivity index (χ3v) is 8.05. The fourth-order valence-corrected chi connectivity index (χ4v) is 4.92. The molecule has 0 atom stereocenters. The quantitative estimate of drug-likeness (QED) is 0.0503. The van der Waals surface area contributed by atoms with Gasteiger partial charge in [0.25, 0.3) is 0 Å². The predicted octanol–water partition coefficient (Wildman–Crippen LogP) is 7.91. The molecule has 3 aromatic carbocycles. The van der Waals surface area contributed by atoms with Crippen LogP contribution in [0, 0.1) is 13.8 Å². The maximum atomic E-state index is 12.9.